The molecular weight excluding hydrogens is 548 g/mol. The van der Waals surface area contributed by atoms with E-state index in [4.69, 9.17) is 16.3 Å². The van der Waals surface area contributed by atoms with Gasteiger partial charge in [-0.2, -0.15) is 0 Å². The van der Waals surface area contributed by atoms with Crippen molar-refractivity contribution in [2.24, 2.45) is 0 Å². The molecule has 3 aromatic carbocycles. The van der Waals surface area contributed by atoms with Gasteiger partial charge < -0.3 is 14.8 Å². The molecule has 0 saturated heterocycles. The first-order chi connectivity index (χ1) is 16.2. The standard InChI is InChI=1S/C23H20BrClN2O6S/c1-32-20-11-9-16(24)13-21(20)34(30,31)27(17-6-4-3-5-7-17)14-22(28)26-19-12-15(23(29)33-2)8-10-18(19)25/h3-13H,14H2,1-2H3,(H,26,28). The molecule has 8 nitrogen and oxygen atoms in total. The van der Waals surface area contributed by atoms with Gasteiger partial charge in [0.1, 0.15) is 17.2 Å². The number of carbonyl (C=O) groups is 2. The van der Waals surface area contributed by atoms with E-state index in [1.807, 2.05) is 0 Å². The second-order valence-electron chi connectivity index (χ2n) is 6.88. The highest BCUT2D eigenvalue weighted by Crippen LogP contribution is 2.32. The molecule has 0 bridgehead atoms. The minimum atomic E-state index is -4.23. The Hall–Kier alpha value is -3.08. The lowest BCUT2D eigenvalue weighted by Crippen LogP contribution is -2.38. The second-order valence-corrected chi connectivity index (χ2v) is 10.0. The van der Waals surface area contributed by atoms with Gasteiger partial charge in [-0.15, -0.1) is 0 Å². The van der Waals surface area contributed by atoms with Gasteiger partial charge in [0.05, 0.1) is 36.2 Å². The van der Waals surface area contributed by atoms with Crippen molar-refractivity contribution in [3.8, 4) is 5.75 Å². The highest BCUT2D eigenvalue weighted by atomic mass is 79.9. The van der Waals surface area contributed by atoms with Gasteiger partial charge in [0.2, 0.25) is 5.91 Å². The number of amides is 1. The summed E-state index contributed by atoms with van der Waals surface area (Å²) < 4.78 is 38.7. The third-order valence-electron chi connectivity index (χ3n) is 4.69. The zero-order chi connectivity index (χ0) is 24.9. The maximum atomic E-state index is 13.7. The molecule has 0 aliphatic carbocycles. The van der Waals surface area contributed by atoms with E-state index in [9.17, 15) is 18.0 Å². The molecule has 0 heterocycles. The van der Waals surface area contributed by atoms with Crippen molar-refractivity contribution in [3.05, 3.63) is 81.8 Å². The molecule has 0 unspecified atom stereocenters. The predicted octanol–water partition coefficient (Wildman–Crippen LogP) is 4.73. The lowest BCUT2D eigenvalue weighted by atomic mass is 10.2. The van der Waals surface area contributed by atoms with Crippen molar-refractivity contribution < 1.29 is 27.5 Å². The Morgan fingerprint density at radius 2 is 1.74 bits per heavy atom. The molecule has 0 saturated carbocycles. The summed E-state index contributed by atoms with van der Waals surface area (Å²) in [6.45, 7) is -0.569. The van der Waals surface area contributed by atoms with Crippen molar-refractivity contribution in [3.63, 3.8) is 0 Å². The molecular formula is C23H20BrClN2O6S. The smallest absolute Gasteiger partial charge is 0.337 e. The monoisotopic (exact) mass is 566 g/mol. The minimum absolute atomic E-state index is 0.119. The fourth-order valence-electron chi connectivity index (χ4n) is 3.07. The molecule has 0 fully saturated rings. The number of esters is 1. The molecule has 1 amide bonds. The number of nitrogens with one attached hydrogen (secondary N) is 1. The first-order valence-corrected chi connectivity index (χ1v) is 12.4. The molecule has 11 heteroatoms. The molecule has 0 radical (unpaired) electrons. The number of nitrogens with zero attached hydrogens (tertiary/aromatic N) is 1. The fraction of sp³-hybridized carbons (Fsp3) is 0.130. The van der Waals surface area contributed by atoms with Gasteiger partial charge in [0.15, 0.2) is 0 Å². The Kier molecular flexibility index (Phi) is 8.19. The summed E-state index contributed by atoms with van der Waals surface area (Å²) in [5.41, 5.74) is 0.586. The summed E-state index contributed by atoms with van der Waals surface area (Å²) in [5.74, 6) is -1.16. The van der Waals surface area contributed by atoms with Gasteiger partial charge in [-0.1, -0.05) is 45.7 Å². The number of halogens is 2. The van der Waals surface area contributed by atoms with Crippen LogP contribution in [0.5, 0.6) is 5.75 Å². The molecule has 0 atom stereocenters. The van der Waals surface area contributed by atoms with Crippen LogP contribution in [0.25, 0.3) is 0 Å². The lowest BCUT2D eigenvalue weighted by Gasteiger charge is -2.25. The summed E-state index contributed by atoms with van der Waals surface area (Å²) in [6.07, 6.45) is 0. The van der Waals surface area contributed by atoms with Crippen molar-refractivity contribution in [2.45, 2.75) is 4.90 Å². The summed E-state index contributed by atoms with van der Waals surface area (Å²) in [7, 11) is -1.64. The Morgan fingerprint density at radius 3 is 2.38 bits per heavy atom. The van der Waals surface area contributed by atoms with Crippen LogP contribution in [0.1, 0.15) is 10.4 Å². The topological polar surface area (TPSA) is 102 Å². The molecule has 34 heavy (non-hydrogen) atoms. The van der Waals surface area contributed by atoms with E-state index in [-0.39, 0.29) is 32.6 Å². The van der Waals surface area contributed by atoms with Crippen LogP contribution < -0.4 is 14.4 Å². The van der Waals surface area contributed by atoms with Gasteiger partial charge in [0, 0.05) is 4.47 Å². The van der Waals surface area contributed by atoms with Crippen LogP contribution in [-0.2, 0) is 19.6 Å². The first kappa shape index (κ1) is 25.5. The molecule has 3 rings (SSSR count). The Labute approximate surface area is 210 Å². The molecule has 0 aromatic heterocycles. The molecule has 0 aliphatic heterocycles. The van der Waals surface area contributed by atoms with E-state index in [0.29, 0.717) is 4.47 Å². The highest BCUT2D eigenvalue weighted by molar-refractivity contribution is 9.10. The molecule has 3 aromatic rings. The number of hydrogen-bond donors (Lipinski definition) is 1. The molecule has 0 aliphatic rings. The van der Waals surface area contributed by atoms with Crippen LogP contribution in [0, 0.1) is 0 Å². The van der Waals surface area contributed by atoms with Crippen LogP contribution in [0.2, 0.25) is 5.02 Å². The number of anilines is 2. The summed E-state index contributed by atoms with van der Waals surface area (Å²) >= 11 is 9.44. The van der Waals surface area contributed by atoms with Crippen LogP contribution in [-0.4, -0.2) is 41.1 Å². The van der Waals surface area contributed by atoms with Crippen molar-refractivity contribution >= 4 is 60.8 Å². The number of hydrogen-bond acceptors (Lipinski definition) is 6. The SMILES string of the molecule is COC(=O)c1ccc(Cl)c(NC(=O)CN(c2ccccc2)S(=O)(=O)c2cc(Br)ccc2OC)c1. The zero-order valence-corrected chi connectivity index (χ0v) is 21.3. The summed E-state index contributed by atoms with van der Waals surface area (Å²) in [5, 5.41) is 2.74. The Morgan fingerprint density at radius 1 is 1.03 bits per heavy atom. The predicted molar refractivity (Wildman–Crippen MR) is 133 cm³/mol. The zero-order valence-electron chi connectivity index (χ0n) is 18.1. The highest BCUT2D eigenvalue weighted by Gasteiger charge is 2.30. The number of benzene rings is 3. The van der Waals surface area contributed by atoms with Gasteiger partial charge in [-0.3, -0.25) is 9.10 Å². The third-order valence-corrected chi connectivity index (χ3v) is 7.30. The Balaban J connectivity index is 1.99. The average molecular weight is 568 g/mol. The number of methoxy groups -OCH3 is 2. The minimum Gasteiger partial charge on any atom is -0.495 e. The van der Waals surface area contributed by atoms with Crippen molar-refractivity contribution in [1.29, 1.82) is 0 Å². The van der Waals surface area contributed by atoms with Gasteiger partial charge in [0.25, 0.3) is 10.0 Å². The van der Waals surface area contributed by atoms with Crippen LogP contribution in [0.3, 0.4) is 0 Å². The number of ether oxygens (including phenoxy) is 2. The maximum absolute atomic E-state index is 13.7. The summed E-state index contributed by atoms with van der Waals surface area (Å²) in [6, 6.07) is 17.0. The normalized spacial score (nSPS) is 10.9. The number of rotatable bonds is 8. The lowest BCUT2D eigenvalue weighted by molar-refractivity contribution is -0.114. The number of para-hydroxylation sites is 1. The summed E-state index contributed by atoms with van der Waals surface area (Å²) in [4.78, 5) is 24.7. The van der Waals surface area contributed by atoms with E-state index in [2.05, 4.69) is 26.0 Å². The van der Waals surface area contributed by atoms with Crippen LogP contribution in [0.15, 0.2) is 76.1 Å². The van der Waals surface area contributed by atoms with E-state index >= 15 is 0 Å². The number of sulfonamides is 1. The third kappa shape index (κ3) is 5.69. The quantitative estimate of drug-likeness (QED) is 0.395. The van der Waals surface area contributed by atoms with Crippen molar-refractivity contribution in [1.82, 2.24) is 0 Å². The van der Waals surface area contributed by atoms with Crippen molar-refractivity contribution in [2.75, 3.05) is 30.4 Å². The Bertz CT molecular complexity index is 1320. The fourth-order valence-corrected chi connectivity index (χ4v) is 5.35. The van der Waals surface area contributed by atoms with E-state index < -0.39 is 28.4 Å². The van der Waals surface area contributed by atoms with Gasteiger partial charge >= 0.3 is 5.97 Å². The number of carbonyl (C=O) groups excluding carboxylic acids is 2. The average Bonchev–Trinajstić information content (AvgIpc) is 2.83. The maximum Gasteiger partial charge on any atom is 0.337 e. The van der Waals surface area contributed by atoms with E-state index in [1.165, 1.54) is 44.6 Å². The van der Waals surface area contributed by atoms with E-state index in [1.54, 1.807) is 36.4 Å². The van der Waals surface area contributed by atoms with Crippen LogP contribution in [0.4, 0.5) is 11.4 Å². The molecule has 178 valence electrons. The van der Waals surface area contributed by atoms with Gasteiger partial charge in [-0.05, 0) is 48.5 Å². The second kappa shape index (κ2) is 10.9. The largest absolute Gasteiger partial charge is 0.495 e. The first-order valence-electron chi connectivity index (χ1n) is 9.76. The van der Waals surface area contributed by atoms with Gasteiger partial charge in [-0.25, -0.2) is 13.2 Å². The molecule has 0 spiro atoms. The van der Waals surface area contributed by atoms with Crippen LogP contribution >= 0.6 is 27.5 Å². The molecule has 1 N–H and O–H groups in total. The van der Waals surface area contributed by atoms with E-state index in [0.717, 1.165) is 4.31 Å².